The second kappa shape index (κ2) is 6.05. The van der Waals surface area contributed by atoms with Gasteiger partial charge in [0.25, 0.3) is 0 Å². The molecular formula is C14H22N2O2. The summed E-state index contributed by atoms with van der Waals surface area (Å²) in [6.07, 6.45) is 4.16. The molecule has 1 aliphatic rings. The monoisotopic (exact) mass is 250 g/mol. The maximum atomic E-state index is 12.1. The van der Waals surface area contributed by atoms with E-state index in [0.29, 0.717) is 19.0 Å². The quantitative estimate of drug-likeness (QED) is 0.890. The first-order valence-corrected chi connectivity index (χ1v) is 6.68. The van der Waals surface area contributed by atoms with Gasteiger partial charge in [-0.25, -0.2) is 0 Å². The summed E-state index contributed by atoms with van der Waals surface area (Å²) in [7, 11) is 1.84. The van der Waals surface area contributed by atoms with E-state index in [1.165, 1.54) is 12.8 Å². The fraction of sp³-hybridized carbons (Fsp3) is 0.643. The summed E-state index contributed by atoms with van der Waals surface area (Å²) in [5.41, 5.74) is 0. The van der Waals surface area contributed by atoms with Crippen LogP contribution in [-0.4, -0.2) is 30.4 Å². The molecule has 1 atom stereocenters. The molecule has 2 heterocycles. The highest BCUT2D eigenvalue weighted by Gasteiger charge is 2.19. The van der Waals surface area contributed by atoms with Crippen LogP contribution in [0.3, 0.4) is 0 Å². The van der Waals surface area contributed by atoms with Crippen molar-refractivity contribution >= 4 is 5.91 Å². The van der Waals surface area contributed by atoms with Gasteiger partial charge < -0.3 is 14.6 Å². The van der Waals surface area contributed by atoms with Crippen LogP contribution in [0, 0.1) is 6.92 Å². The molecule has 0 aromatic carbocycles. The van der Waals surface area contributed by atoms with Crippen LogP contribution in [0.25, 0.3) is 0 Å². The Balaban J connectivity index is 1.80. The molecular weight excluding hydrogens is 228 g/mol. The maximum absolute atomic E-state index is 12.1. The lowest BCUT2D eigenvalue weighted by Gasteiger charge is -2.25. The van der Waals surface area contributed by atoms with E-state index in [9.17, 15) is 4.79 Å². The highest BCUT2D eigenvalue weighted by Crippen LogP contribution is 2.13. The van der Waals surface area contributed by atoms with Crippen LogP contribution < -0.4 is 5.32 Å². The number of rotatable bonds is 4. The Morgan fingerprint density at radius 2 is 2.33 bits per heavy atom. The zero-order valence-electron chi connectivity index (χ0n) is 11.2. The Bertz CT molecular complexity index is 394. The molecule has 1 N–H and O–H groups in total. The molecule has 4 nitrogen and oxygen atoms in total. The molecule has 4 heteroatoms. The van der Waals surface area contributed by atoms with Crippen molar-refractivity contribution in [1.82, 2.24) is 10.2 Å². The lowest BCUT2D eigenvalue weighted by molar-refractivity contribution is -0.131. The van der Waals surface area contributed by atoms with Gasteiger partial charge in [-0.1, -0.05) is 6.42 Å². The molecule has 1 aliphatic heterocycles. The van der Waals surface area contributed by atoms with Crippen molar-refractivity contribution in [2.45, 2.75) is 45.2 Å². The third kappa shape index (κ3) is 3.60. The number of amides is 1. The first-order chi connectivity index (χ1) is 8.65. The first kappa shape index (κ1) is 13.1. The summed E-state index contributed by atoms with van der Waals surface area (Å²) in [5.74, 6) is 1.92. The second-order valence-corrected chi connectivity index (χ2v) is 5.11. The summed E-state index contributed by atoms with van der Waals surface area (Å²) >= 11 is 0. The predicted molar refractivity (Wildman–Crippen MR) is 70.2 cm³/mol. The van der Waals surface area contributed by atoms with Gasteiger partial charge in [0.2, 0.25) is 5.91 Å². The number of nitrogens with one attached hydrogen (secondary N) is 1. The van der Waals surface area contributed by atoms with Gasteiger partial charge in [-0.05, 0) is 38.4 Å². The van der Waals surface area contributed by atoms with Gasteiger partial charge in [0.15, 0.2) is 0 Å². The van der Waals surface area contributed by atoms with E-state index in [1.54, 1.807) is 4.90 Å². The number of piperidine rings is 1. The fourth-order valence-electron chi connectivity index (χ4n) is 2.36. The second-order valence-electron chi connectivity index (χ2n) is 5.11. The molecule has 0 spiro atoms. The fourth-order valence-corrected chi connectivity index (χ4v) is 2.36. The number of hydrogen-bond donors (Lipinski definition) is 1. The van der Waals surface area contributed by atoms with Crippen molar-refractivity contribution in [3.05, 3.63) is 23.7 Å². The number of carbonyl (C=O) groups is 1. The van der Waals surface area contributed by atoms with Crippen LogP contribution >= 0.6 is 0 Å². The lowest BCUT2D eigenvalue weighted by atomic mass is 10.0. The molecule has 0 aliphatic carbocycles. The zero-order chi connectivity index (χ0) is 13.0. The SMILES string of the molecule is Cc1ccc(CN(C)C(=O)CC2CCCCN2)o1. The molecule has 1 saturated heterocycles. The van der Waals surface area contributed by atoms with Crippen molar-refractivity contribution in [1.29, 1.82) is 0 Å². The van der Waals surface area contributed by atoms with Crippen molar-refractivity contribution in [3.8, 4) is 0 Å². The maximum Gasteiger partial charge on any atom is 0.224 e. The average Bonchev–Trinajstić information content (AvgIpc) is 2.76. The van der Waals surface area contributed by atoms with Crippen molar-refractivity contribution in [3.63, 3.8) is 0 Å². The van der Waals surface area contributed by atoms with Crippen LogP contribution in [0.15, 0.2) is 16.5 Å². The molecule has 0 bridgehead atoms. The van der Waals surface area contributed by atoms with Crippen molar-refractivity contribution in [2.24, 2.45) is 0 Å². The van der Waals surface area contributed by atoms with Crippen LogP contribution in [0.4, 0.5) is 0 Å². The smallest absolute Gasteiger partial charge is 0.224 e. The molecule has 2 rings (SSSR count). The summed E-state index contributed by atoms with van der Waals surface area (Å²) < 4.78 is 5.48. The van der Waals surface area contributed by atoms with Gasteiger partial charge in [-0.15, -0.1) is 0 Å². The van der Waals surface area contributed by atoms with Crippen LogP contribution in [-0.2, 0) is 11.3 Å². The molecule has 1 aromatic rings. The van der Waals surface area contributed by atoms with Crippen molar-refractivity contribution < 1.29 is 9.21 Å². The normalized spacial score (nSPS) is 19.8. The Kier molecular flexibility index (Phi) is 4.42. The van der Waals surface area contributed by atoms with Crippen molar-refractivity contribution in [2.75, 3.05) is 13.6 Å². The standard InChI is InChI=1S/C14H22N2O2/c1-11-6-7-13(18-11)10-16(2)14(17)9-12-5-3-4-8-15-12/h6-7,12,15H,3-5,8-10H2,1-2H3. The number of carbonyl (C=O) groups excluding carboxylic acids is 1. The van der Waals surface area contributed by atoms with E-state index >= 15 is 0 Å². The molecule has 1 unspecified atom stereocenters. The summed E-state index contributed by atoms with van der Waals surface area (Å²) in [4.78, 5) is 13.8. The topological polar surface area (TPSA) is 45.5 Å². The number of furan rings is 1. The zero-order valence-corrected chi connectivity index (χ0v) is 11.2. The molecule has 1 amide bonds. The number of nitrogens with zero attached hydrogens (tertiary/aromatic N) is 1. The third-order valence-electron chi connectivity index (χ3n) is 3.45. The molecule has 100 valence electrons. The van der Waals surface area contributed by atoms with E-state index in [2.05, 4.69) is 5.32 Å². The van der Waals surface area contributed by atoms with Gasteiger partial charge in [0, 0.05) is 19.5 Å². The van der Waals surface area contributed by atoms with E-state index < -0.39 is 0 Å². The molecule has 1 fully saturated rings. The largest absolute Gasteiger partial charge is 0.464 e. The Labute approximate surface area is 108 Å². The van der Waals surface area contributed by atoms with E-state index in [0.717, 1.165) is 24.5 Å². The average molecular weight is 250 g/mol. The van der Waals surface area contributed by atoms with Crippen LogP contribution in [0.1, 0.15) is 37.2 Å². The van der Waals surface area contributed by atoms with Gasteiger partial charge in [-0.3, -0.25) is 4.79 Å². The first-order valence-electron chi connectivity index (χ1n) is 6.68. The van der Waals surface area contributed by atoms with Gasteiger partial charge in [0.1, 0.15) is 11.5 Å². The minimum absolute atomic E-state index is 0.184. The Morgan fingerprint density at radius 3 is 2.94 bits per heavy atom. The summed E-state index contributed by atoms with van der Waals surface area (Å²) in [5, 5.41) is 3.40. The Morgan fingerprint density at radius 1 is 1.50 bits per heavy atom. The lowest BCUT2D eigenvalue weighted by Crippen LogP contribution is -2.39. The van der Waals surface area contributed by atoms with Crippen LogP contribution in [0.2, 0.25) is 0 Å². The Hall–Kier alpha value is -1.29. The van der Waals surface area contributed by atoms with Gasteiger partial charge in [-0.2, -0.15) is 0 Å². The van der Waals surface area contributed by atoms with E-state index in [-0.39, 0.29) is 5.91 Å². The highest BCUT2D eigenvalue weighted by molar-refractivity contribution is 5.76. The predicted octanol–water partition coefficient (Wildman–Crippen LogP) is 2.08. The summed E-state index contributed by atoms with van der Waals surface area (Å²) in [6.45, 7) is 3.51. The highest BCUT2D eigenvalue weighted by atomic mass is 16.3. The number of aryl methyl sites for hydroxylation is 1. The van der Waals surface area contributed by atoms with Gasteiger partial charge >= 0.3 is 0 Å². The van der Waals surface area contributed by atoms with Gasteiger partial charge in [0.05, 0.1) is 6.54 Å². The number of hydrogen-bond acceptors (Lipinski definition) is 3. The molecule has 0 saturated carbocycles. The van der Waals surface area contributed by atoms with E-state index in [4.69, 9.17) is 4.42 Å². The molecule has 18 heavy (non-hydrogen) atoms. The minimum atomic E-state index is 0.184. The molecule has 1 aromatic heterocycles. The van der Waals surface area contributed by atoms with E-state index in [1.807, 2.05) is 26.1 Å². The molecule has 0 radical (unpaired) electrons. The summed E-state index contributed by atoms with van der Waals surface area (Å²) in [6, 6.07) is 4.21. The third-order valence-corrected chi connectivity index (χ3v) is 3.45. The minimum Gasteiger partial charge on any atom is -0.464 e. The van der Waals surface area contributed by atoms with Crippen LogP contribution in [0.5, 0.6) is 0 Å².